The number of hydrogen-bond donors (Lipinski definition) is 1. The van der Waals surface area contributed by atoms with Crippen molar-refractivity contribution >= 4 is 24.4 Å². The minimum absolute atomic E-state index is 0.102. The Morgan fingerprint density at radius 2 is 1.31 bits per heavy atom. The summed E-state index contributed by atoms with van der Waals surface area (Å²) in [5, 5.41) is 5.94. The summed E-state index contributed by atoms with van der Waals surface area (Å²) in [6, 6.07) is 35.5. The summed E-state index contributed by atoms with van der Waals surface area (Å²) in [6.07, 6.45) is 0. The molecule has 4 aromatic carbocycles. The monoisotopic (exact) mass is 497 g/mol. The Balaban J connectivity index is 1.67. The largest absolute Gasteiger partial charge is 0.534 e. The molecule has 0 unspecified atom stereocenters. The van der Waals surface area contributed by atoms with Gasteiger partial charge >= 0.3 is 8.32 Å². The highest BCUT2D eigenvalue weighted by molar-refractivity contribution is 7.00. The molecule has 0 aliphatic rings. The van der Waals surface area contributed by atoms with E-state index in [1.54, 1.807) is 14.2 Å². The Morgan fingerprint density at radius 3 is 1.86 bits per heavy atom. The van der Waals surface area contributed by atoms with Gasteiger partial charge < -0.3 is 19.2 Å². The fourth-order valence-corrected chi connectivity index (χ4v) is 9.10. The van der Waals surface area contributed by atoms with E-state index in [9.17, 15) is 0 Å². The molecule has 4 nitrogen and oxygen atoms in total. The molecular formula is C31H35NO3Si. The van der Waals surface area contributed by atoms with Gasteiger partial charge in [0.25, 0.3) is 0 Å². The molecule has 0 fully saturated rings. The van der Waals surface area contributed by atoms with Gasteiger partial charge in [-0.2, -0.15) is 0 Å². The van der Waals surface area contributed by atoms with Crippen molar-refractivity contribution in [2.45, 2.75) is 32.4 Å². The number of hydrogen-bond acceptors (Lipinski definition) is 4. The van der Waals surface area contributed by atoms with E-state index in [1.807, 2.05) is 24.3 Å². The number of anilines is 1. The number of rotatable bonds is 9. The Morgan fingerprint density at radius 1 is 0.667 bits per heavy atom. The third-order valence-electron chi connectivity index (χ3n) is 6.50. The predicted molar refractivity (Wildman–Crippen MR) is 152 cm³/mol. The first kappa shape index (κ1) is 25.4. The van der Waals surface area contributed by atoms with Crippen molar-refractivity contribution in [3.05, 3.63) is 109 Å². The lowest BCUT2D eigenvalue weighted by Crippen LogP contribution is -2.68. The molecule has 0 aliphatic heterocycles. The number of nitrogens with one attached hydrogen (secondary N) is 1. The van der Waals surface area contributed by atoms with Crippen LogP contribution in [0.2, 0.25) is 5.04 Å². The fourth-order valence-electron chi connectivity index (χ4n) is 4.69. The summed E-state index contributed by atoms with van der Waals surface area (Å²) >= 11 is 0. The summed E-state index contributed by atoms with van der Waals surface area (Å²) in [5.74, 6) is 2.42. The van der Waals surface area contributed by atoms with Crippen molar-refractivity contribution in [1.29, 1.82) is 0 Å². The van der Waals surface area contributed by atoms with Gasteiger partial charge in [0.1, 0.15) is 17.2 Å². The maximum absolute atomic E-state index is 7.16. The minimum atomic E-state index is -2.69. The van der Waals surface area contributed by atoms with Crippen molar-refractivity contribution in [3.8, 4) is 17.2 Å². The lowest BCUT2D eigenvalue weighted by Gasteiger charge is -2.43. The quantitative estimate of drug-likeness (QED) is 0.277. The summed E-state index contributed by atoms with van der Waals surface area (Å²) in [6.45, 7) is 7.49. The molecule has 0 saturated carbocycles. The SMILES string of the molecule is COc1ccc(CNc2cccc(O[Si](c3ccccc3)(c3ccccc3)C(C)(C)C)c2)c(OC)c1. The zero-order valence-electron chi connectivity index (χ0n) is 21.7. The number of methoxy groups -OCH3 is 2. The average molecular weight is 498 g/mol. The normalized spacial score (nSPS) is 11.6. The Kier molecular flexibility index (Phi) is 7.70. The van der Waals surface area contributed by atoms with Gasteiger partial charge in [0, 0.05) is 29.9 Å². The average Bonchev–Trinajstić information content (AvgIpc) is 2.91. The topological polar surface area (TPSA) is 39.7 Å². The predicted octanol–water partition coefficient (Wildman–Crippen LogP) is 6.25. The first-order chi connectivity index (χ1) is 17.4. The van der Waals surface area contributed by atoms with Gasteiger partial charge in [0.05, 0.1) is 14.2 Å². The van der Waals surface area contributed by atoms with Crippen molar-refractivity contribution in [3.63, 3.8) is 0 Å². The lowest BCUT2D eigenvalue weighted by molar-refractivity contribution is 0.391. The summed E-state index contributed by atoms with van der Waals surface area (Å²) in [4.78, 5) is 0. The zero-order chi connectivity index (χ0) is 25.6. The van der Waals surface area contributed by atoms with Crippen LogP contribution in [0.1, 0.15) is 26.3 Å². The van der Waals surface area contributed by atoms with E-state index in [1.165, 1.54) is 10.4 Å². The first-order valence-corrected chi connectivity index (χ1v) is 14.1. The molecule has 0 aromatic heterocycles. The van der Waals surface area contributed by atoms with Crippen molar-refractivity contribution in [1.82, 2.24) is 0 Å². The van der Waals surface area contributed by atoms with E-state index in [4.69, 9.17) is 13.9 Å². The van der Waals surface area contributed by atoms with Crippen LogP contribution in [0.15, 0.2) is 103 Å². The second-order valence-corrected chi connectivity index (χ2v) is 14.0. The van der Waals surface area contributed by atoms with E-state index in [-0.39, 0.29) is 5.04 Å². The first-order valence-electron chi connectivity index (χ1n) is 12.2. The molecule has 1 N–H and O–H groups in total. The number of ether oxygens (including phenoxy) is 2. The van der Waals surface area contributed by atoms with E-state index in [0.717, 1.165) is 28.5 Å². The van der Waals surface area contributed by atoms with Crippen LogP contribution in [0.25, 0.3) is 0 Å². The zero-order valence-corrected chi connectivity index (χ0v) is 22.7. The van der Waals surface area contributed by atoms with Crippen molar-refractivity contribution in [2.24, 2.45) is 0 Å². The molecule has 0 amide bonds. The van der Waals surface area contributed by atoms with Crippen LogP contribution in [-0.2, 0) is 6.54 Å². The highest BCUT2D eigenvalue weighted by Crippen LogP contribution is 2.38. The van der Waals surface area contributed by atoms with Crippen molar-refractivity contribution in [2.75, 3.05) is 19.5 Å². The summed E-state index contributed by atoms with van der Waals surface area (Å²) in [5.41, 5.74) is 2.04. The molecule has 186 valence electrons. The van der Waals surface area contributed by atoms with E-state index >= 15 is 0 Å². The molecule has 0 radical (unpaired) electrons. The minimum Gasteiger partial charge on any atom is -0.534 e. The van der Waals surface area contributed by atoms with Gasteiger partial charge in [-0.1, -0.05) is 87.5 Å². The maximum Gasteiger partial charge on any atom is 0.319 e. The highest BCUT2D eigenvalue weighted by atomic mass is 28.4. The van der Waals surface area contributed by atoms with Crippen LogP contribution in [0.5, 0.6) is 17.2 Å². The van der Waals surface area contributed by atoms with E-state index in [0.29, 0.717) is 6.54 Å². The molecule has 36 heavy (non-hydrogen) atoms. The molecule has 5 heteroatoms. The molecule has 0 heterocycles. The molecule has 0 atom stereocenters. The van der Waals surface area contributed by atoms with Gasteiger partial charge in [-0.25, -0.2) is 0 Å². The van der Waals surface area contributed by atoms with E-state index in [2.05, 4.69) is 105 Å². The Bertz CT molecular complexity index is 1230. The standard InChI is InChI=1S/C31H35NO3Si/c1-31(2,3)36(28-15-8-6-9-16-28,29-17-10-7-11-18-29)35-27-14-12-13-25(21-27)32-23-24-19-20-26(33-4)22-30(24)34-5/h6-22,32H,23H2,1-5H3. The number of benzene rings is 4. The molecule has 0 bridgehead atoms. The Hall–Kier alpha value is -3.70. The summed E-state index contributed by atoms with van der Waals surface area (Å²) < 4.78 is 18.1. The van der Waals surface area contributed by atoms with Crippen LogP contribution >= 0.6 is 0 Å². The maximum atomic E-state index is 7.16. The molecular weight excluding hydrogens is 462 g/mol. The van der Waals surface area contributed by atoms with Gasteiger partial charge in [0.15, 0.2) is 0 Å². The second kappa shape index (κ2) is 10.9. The van der Waals surface area contributed by atoms with Crippen LogP contribution in [0, 0.1) is 0 Å². The van der Waals surface area contributed by atoms with Gasteiger partial charge in [-0.3, -0.25) is 0 Å². The second-order valence-electron chi connectivity index (χ2n) is 9.82. The van der Waals surface area contributed by atoms with Gasteiger partial charge in [-0.05, 0) is 39.7 Å². The van der Waals surface area contributed by atoms with Crippen LogP contribution < -0.4 is 29.6 Å². The Labute approximate surface area is 216 Å². The van der Waals surface area contributed by atoms with Gasteiger partial charge in [-0.15, -0.1) is 0 Å². The smallest absolute Gasteiger partial charge is 0.319 e. The lowest BCUT2D eigenvalue weighted by atomic mass is 10.2. The molecule has 0 spiro atoms. The van der Waals surface area contributed by atoms with E-state index < -0.39 is 8.32 Å². The molecule has 4 aromatic rings. The van der Waals surface area contributed by atoms with Crippen LogP contribution in [0.4, 0.5) is 5.69 Å². The molecule has 4 rings (SSSR count). The van der Waals surface area contributed by atoms with Crippen LogP contribution in [-0.4, -0.2) is 22.5 Å². The fraction of sp³-hybridized carbons (Fsp3) is 0.226. The van der Waals surface area contributed by atoms with Crippen molar-refractivity contribution < 1.29 is 13.9 Å². The summed E-state index contributed by atoms with van der Waals surface area (Å²) in [7, 11) is 0.647. The highest BCUT2D eigenvalue weighted by Gasteiger charge is 2.52. The third-order valence-corrected chi connectivity index (χ3v) is 11.4. The molecule has 0 aliphatic carbocycles. The van der Waals surface area contributed by atoms with Gasteiger partial charge in [0.2, 0.25) is 0 Å². The van der Waals surface area contributed by atoms with Crippen LogP contribution in [0.3, 0.4) is 0 Å². The third kappa shape index (κ3) is 5.26. The molecule has 0 saturated heterocycles.